The summed E-state index contributed by atoms with van der Waals surface area (Å²) in [5, 5.41) is 18.4. The standard InChI is InChI=1S/C16H23N3OS/c1-3-5-13-6-8-14(9-7-13)12-21-16-18-17-15(11-20)19(16)10-4-2/h6-9,20H,3-5,10-12H2,1-2H3. The van der Waals surface area contributed by atoms with Crippen molar-refractivity contribution in [2.45, 2.75) is 57.2 Å². The lowest BCUT2D eigenvalue weighted by molar-refractivity contribution is 0.263. The van der Waals surface area contributed by atoms with Gasteiger partial charge in [-0.2, -0.15) is 0 Å². The van der Waals surface area contributed by atoms with Gasteiger partial charge in [0.15, 0.2) is 11.0 Å². The van der Waals surface area contributed by atoms with Crippen molar-refractivity contribution >= 4 is 11.8 Å². The van der Waals surface area contributed by atoms with Gasteiger partial charge in [-0.1, -0.05) is 56.3 Å². The van der Waals surface area contributed by atoms with Crippen LogP contribution in [0.4, 0.5) is 0 Å². The quantitative estimate of drug-likeness (QED) is 0.759. The van der Waals surface area contributed by atoms with E-state index in [1.165, 1.54) is 17.5 Å². The largest absolute Gasteiger partial charge is 0.388 e. The summed E-state index contributed by atoms with van der Waals surface area (Å²) in [6.45, 7) is 5.10. The number of thioether (sulfide) groups is 1. The highest BCUT2D eigenvalue weighted by Crippen LogP contribution is 2.22. The van der Waals surface area contributed by atoms with E-state index in [0.717, 1.165) is 30.3 Å². The highest BCUT2D eigenvalue weighted by atomic mass is 32.2. The molecule has 0 amide bonds. The molecule has 4 nitrogen and oxygen atoms in total. The van der Waals surface area contributed by atoms with Gasteiger partial charge in [0.25, 0.3) is 0 Å². The maximum absolute atomic E-state index is 9.29. The van der Waals surface area contributed by atoms with Gasteiger partial charge in [0, 0.05) is 12.3 Å². The summed E-state index contributed by atoms with van der Waals surface area (Å²) in [6, 6.07) is 8.78. The van der Waals surface area contributed by atoms with E-state index in [1.807, 2.05) is 4.57 Å². The molecule has 0 fully saturated rings. The molecule has 0 aliphatic heterocycles. The zero-order chi connectivity index (χ0) is 15.1. The highest BCUT2D eigenvalue weighted by molar-refractivity contribution is 7.98. The van der Waals surface area contributed by atoms with E-state index >= 15 is 0 Å². The average Bonchev–Trinajstić information content (AvgIpc) is 2.89. The predicted octanol–water partition coefficient (Wildman–Crippen LogP) is 3.43. The Labute approximate surface area is 130 Å². The molecule has 2 aromatic rings. The molecule has 1 heterocycles. The molecule has 114 valence electrons. The maximum Gasteiger partial charge on any atom is 0.191 e. The minimum Gasteiger partial charge on any atom is -0.388 e. The SMILES string of the molecule is CCCc1ccc(CSc2nnc(CO)n2CCC)cc1. The van der Waals surface area contributed by atoms with E-state index in [-0.39, 0.29) is 6.61 Å². The molecule has 2 rings (SSSR count). The fourth-order valence-corrected chi connectivity index (χ4v) is 3.17. The van der Waals surface area contributed by atoms with Crippen molar-refractivity contribution in [3.05, 3.63) is 41.2 Å². The minimum absolute atomic E-state index is 0.0563. The van der Waals surface area contributed by atoms with E-state index in [1.54, 1.807) is 11.8 Å². The van der Waals surface area contributed by atoms with E-state index in [2.05, 4.69) is 48.3 Å². The number of hydrogen-bond donors (Lipinski definition) is 1. The number of aromatic nitrogens is 3. The molecule has 0 saturated carbocycles. The van der Waals surface area contributed by atoms with Crippen LogP contribution in [0.5, 0.6) is 0 Å². The van der Waals surface area contributed by atoms with Crippen molar-refractivity contribution in [3.8, 4) is 0 Å². The van der Waals surface area contributed by atoms with Crippen LogP contribution < -0.4 is 0 Å². The van der Waals surface area contributed by atoms with Gasteiger partial charge in [-0.15, -0.1) is 10.2 Å². The summed E-state index contributed by atoms with van der Waals surface area (Å²) < 4.78 is 2.01. The highest BCUT2D eigenvalue weighted by Gasteiger charge is 2.11. The van der Waals surface area contributed by atoms with Gasteiger partial charge in [0.05, 0.1) is 0 Å². The first-order chi connectivity index (χ1) is 10.3. The molecule has 0 atom stereocenters. The first-order valence-corrected chi connectivity index (χ1v) is 8.50. The Morgan fingerprint density at radius 2 is 1.76 bits per heavy atom. The van der Waals surface area contributed by atoms with Gasteiger partial charge >= 0.3 is 0 Å². The number of aryl methyl sites for hydroxylation is 1. The molecule has 5 heteroatoms. The summed E-state index contributed by atoms with van der Waals surface area (Å²) in [4.78, 5) is 0. The van der Waals surface area contributed by atoms with Crippen LogP contribution in [0.2, 0.25) is 0 Å². The third kappa shape index (κ3) is 4.32. The van der Waals surface area contributed by atoms with Gasteiger partial charge in [0.1, 0.15) is 6.61 Å². The van der Waals surface area contributed by atoms with Crippen molar-refractivity contribution in [2.24, 2.45) is 0 Å². The third-order valence-corrected chi connectivity index (χ3v) is 4.35. The summed E-state index contributed by atoms with van der Waals surface area (Å²) in [5.74, 6) is 1.53. The number of hydrogen-bond acceptors (Lipinski definition) is 4. The Hall–Kier alpha value is -1.33. The van der Waals surface area contributed by atoms with E-state index in [0.29, 0.717) is 5.82 Å². The van der Waals surface area contributed by atoms with Crippen LogP contribution in [0, 0.1) is 0 Å². The molecule has 1 aromatic carbocycles. The first-order valence-electron chi connectivity index (χ1n) is 7.52. The van der Waals surface area contributed by atoms with Crippen molar-refractivity contribution in [2.75, 3.05) is 0 Å². The minimum atomic E-state index is -0.0563. The van der Waals surface area contributed by atoms with Gasteiger partial charge in [-0.25, -0.2) is 0 Å². The fraction of sp³-hybridized carbons (Fsp3) is 0.500. The number of benzene rings is 1. The van der Waals surface area contributed by atoms with Crippen LogP contribution in [-0.4, -0.2) is 19.9 Å². The lowest BCUT2D eigenvalue weighted by Gasteiger charge is -2.07. The number of aliphatic hydroxyl groups is 1. The zero-order valence-corrected chi connectivity index (χ0v) is 13.6. The van der Waals surface area contributed by atoms with Crippen LogP contribution in [0.1, 0.15) is 43.6 Å². The third-order valence-electron chi connectivity index (χ3n) is 3.31. The van der Waals surface area contributed by atoms with Gasteiger partial charge in [0.2, 0.25) is 0 Å². The van der Waals surface area contributed by atoms with E-state index in [4.69, 9.17) is 0 Å². The second-order valence-electron chi connectivity index (χ2n) is 5.06. The molecule has 21 heavy (non-hydrogen) atoms. The second kappa shape index (κ2) is 8.20. The predicted molar refractivity (Wildman–Crippen MR) is 86.2 cm³/mol. The van der Waals surface area contributed by atoms with Crippen molar-refractivity contribution in [1.29, 1.82) is 0 Å². The molecule has 0 unspecified atom stereocenters. The van der Waals surface area contributed by atoms with Crippen molar-refractivity contribution < 1.29 is 5.11 Å². The summed E-state index contributed by atoms with van der Waals surface area (Å²) >= 11 is 1.67. The summed E-state index contributed by atoms with van der Waals surface area (Å²) in [7, 11) is 0. The number of rotatable bonds is 8. The average molecular weight is 305 g/mol. The molecular weight excluding hydrogens is 282 g/mol. The topological polar surface area (TPSA) is 50.9 Å². The first kappa shape index (κ1) is 16.0. The smallest absolute Gasteiger partial charge is 0.191 e. The Balaban J connectivity index is 2.00. The van der Waals surface area contributed by atoms with Crippen LogP contribution >= 0.6 is 11.8 Å². The monoisotopic (exact) mass is 305 g/mol. The van der Waals surface area contributed by atoms with Crippen molar-refractivity contribution in [1.82, 2.24) is 14.8 Å². The number of aliphatic hydroxyl groups excluding tert-OH is 1. The maximum atomic E-state index is 9.29. The van der Waals surface area contributed by atoms with Crippen LogP contribution in [0.15, 0.2) is 29.4 Å². The van der Waals surface area contributed by atoms with Gasteiger partial charge < -0.3 is 9.67 Å². The number of nitrogens with zero attached hydrogens (tertiary/aromatic N) is 3. The molecule has 0 aliphatic carbocycles. The Morgan fingerprint density at radius 1 is 1.05 bits per heavy atom. The van der Waals surface area contributed by atoms with Crippen LogP contribution in [0.25, 0.3) is 0 Å². The molecule has 0 spiro atoms. The van der Waals surface area contributed by atoms with Crippen molar-refractivity contribution in [3.63, 3.8) is 0 Å². The fourth-order valence-electron chi connectivity index (χ4n) is 2.23. The second-order valence-corrected chi connectivity index (χ2v) is 6.01. The van der Waals surface area contributed by atoms with E-state index in [9.17, 15) is 5.11 Å². The zero-order valence-electron chi connectivity index (χ0n) is 12.7. The Morgan fingerprint density at radius 3 is 2.38 bits per heavy atom. The van der Waals surface area contributed by atoms with Crippen LogP contribution in [0.3, 0.4) is 0 Å². The lowest BCUT2D eigenvalue weighted by atomic mass is 10.1. The molecule has 1 aromatic heterocycles. The summed E-state index contributed by atoms with van der Waals surface area (Å²) in [5.41, 5.74) is 2.68. The van der Waals surface area contributed by atoms with Gasteiger partial charge in [-0.05, 0) is 24.0 Å². The molecule has 0 saturated heterocycles. The lowest BCUT2D eigenvalue weighted by Crippen LogP contribution is -2.04. The Bertz CT molecular complexity index is 551. The molecule has 1 N–H and O–H groups in total. The molecular formula is C16H23N3OS. The molecule has 0 aliphatic rings. The molecule has 0 bridgehead atoms. The van der Waals surface area contributed by atoms with Gasteiger partial charge in [-0.3, -0.25) is 0 Å². The summed E-state index contributed by atoms with van der Waals surface area (Å²) in [6.07, 6.45) is 3.32. The Kier molecular flexibility index (Phi) is 6.26. The van der Waals surface area contributed by atoms with E-state index < -0.39 is 0 Å². The molecule has 0 radical (unpaired) electrons. The van der Waals surface area contributed by atoms with Crippen LogP contribution in [-0.2, 0) is 25.3 Å². The normalized spacial score (nSPS) is 11.0.